The molecule has 0 spiro atoms. The van der Waals surface area contributed by atoms with Crippen LogP contribution >= 0.6 is 0 Å². The lowest BCUT2D eigenvalue weighted by molar-refractivity contribution is -0.151. The molecular weight excluding hydrogens is 370 g/mol. The van der Waals surface area contributed by atoms with Crippen molar-refractivity contribution in [1.82, 2.24) is 14.9 Å². The van der Waals surface area contributed by atoms with Crippen molar-refractivity contribution in [2.45, 2.75) is 18.6 Å². The van der Waals surface area contributed by atoms with Crippen LogP contribution in [-0.4, -0.2) is 44.9 Å². The van der Waals surface area contributed by atoms with Gasteiger partial charge in [0.05, 0.1) is 19.5 Å². The fraction of sp³-hybridized carbons (Fsp3) is 0.227. The maximum Gasteiger partial charge on any atom is 0.310 e. The molecule has 0 atom stereocenters. The highest BCUT2D eigenvalue weighted by Gasteiger charge is 2.45. The highest BCUT2D eigenvalue weighted by atomic mass is 16.5. The molecule has 1 amide bonds. The second-order valence-corrected chi connectivity index (χ2v) is 7.20. The Morgan fingerprint density at radius 3 is 2.76 bits per heavy atom. The summed E-state index contributed by atoms with van der Waals surface area (Å²) in [4.78, 5) is 32.8. The molecule has 0 aliphatic carbocycles. The Kier molecular flexibility index (Phi) is 4.90. The number of aromatic nitrogens is 2. The summed E-state index contributed by atoms with van der Waals surface area (Å²) in [7, 11) is 0. The van der Waals surface area contributed by atoms with E-state index < -0.39 is 5.60 Å². The third-order valence-corrected chi connectivity index (χ3v) is 5.07. The summed E-state index contributed by atoms with van der Waals surface area (Å²) in [5.74, 6) is -0.563. The number of rotatable bonds is 6. The lowest BCUT2D eigenvalue weighted by atomic mass is 9.86. The lowest BCUT2D eigenvalue weighted by Crippen LogP contribution is -2.60. The van der Waals surface area contributed by atoms with Crippen molar-refractivity contribution in [3.05, 3.63) is 78.1 Å². The first kappa shape index (κ1) is 18.9. The van der Waals surface area contributed by atoms with Gasteiger partial charge in [0.15, 0.2) is 0 Å². The minimum absolute atomic E-state index is 0.0832. The van der Waals surface area contributed by atoms with Gasteiger partial charge in [0, 0.05) is 23.3 Å². The molecule has 4 rings (SSSR count). The summed E-state index contributed by atoms with van der Waals surface area (Å²) < 4.78 is 5.33. The van der Waals surface area contributed by atoms with Crippen LogP contribution in [0.5, 0.6) is 0 Å². The number of pyridine rings is 1. The number of carbonyl (C=O) groups is 2. The van der Waals surface area contributed by atoms with E-state index in [-0.39, 0.29) is 38.0 Å². The van der Waals surface area contributed by atoms with E-state index in [1.54, 1.807) is 12.4 Å². The number of esters is 1. The number of H-pyrrole nitrogens is 1. The third-order valence-electron chi connectivity index (χ3n) is 5.07. The molecule has 0 saturated carbocycles. The van der Waals surface area contributed by atoms with E-state index >= 15 is 0 Å². The Hall–Kier alpha value is -3.45. The van der Waals surface area contributed by atoms with Gasteiger partial charge in [-0.15, -0.1) is 0 Å². The first-order valence-electron chi connectivity index (χ1n) is 9.28. The molecule has 7 nitrogen and oxygen atoms in total. The fourth-order valence-electron chi connectivity index (χ4n) is 3.52. The standard InChI is InChI=1S/C22H21N3O4/c1-2-19(26)25-13-22(28,14-25)18-11-24-21-17(18)8-16(10-23-21)9-20(27)29-12-15-6-4-3-5-7-15/h2-8,10-11,28H,1,9,12-14H2,(H,23,24). The summed E-state index contributed by atoms with van der Waals surface area (Å²) in [5, 5.41) is 11.6. The zero-order valence-corrected chi connectivity index (χ0v) is 15.8. The third kappa shape index (κ3) is 3.77. The summed E-state index contributed by atoms with van der Waals surface area (Å²) >= 11 is 0. The van der Waals surface area contributed by atoms with Gasteiger partial charge in [0.2, 0.25) is 5.91 Å². The maximum atomic E-state index is 12.2. The van der Waals surface area contributed by atoms with E-state index in [1.807, 2.05) is 36.4 Å². The minimum Gasteiger partial charge on any atom is -0.461 e. The largest absolute Gasteiger partial charge is 0.461 e. The van der Waals surface area contributed by atoms with Crippen LogP contribution in [0, 0.1) is 0 Å². The molecule has 1 saturated heterocycles. The molecule has 1 aliphatic rings. The van der Waals surface area contributed by atoms with Crippen LogP contribution < -0.4 is 0 Å². The van der Waals surface area contributed by atoms with E-state index in [2.05, 4.69) is 16.5 Å². The van der Waals surface area contributed by atoms with Gasteiger partial charge in [-0.25, -0.2) is 4.98 Å². The van der Waals surface area contributed by atoms with Gasteiger partial charge >= 0.3 is 5.97 Å². The molecule has 2 aromatic heterocycles. The monoisotopic (exact) mass is 391 g/mol. The molecule has 148 valence electrons. The first-order valence-corrected chi connectivity index (χ1v) is 9.28. The van der Waals surface area contributed by atoms with Crippen molar-refractivity contribution in [3.8, 4) is 0 Å². The Balaban J connectivity index is 1.46. The van der Waals surface area contributed by atoms with Crippen LogP contribution in [0.3, 0.4) is 0 Å². The fourth-order valence-corrected chi connectivity index (χ4v) is 3.52. The molecule has 29 heavy (non-hydrogen) atoms. The second kappa shape index (κ2) is 7.52. The van der Waals surface area contributed by atoms with Gasteiger partial charge < -0.3 is 19.7 Å². The number of β-amino-alcohol motifs (C(OH)–C–C–N with tert-alkyl or cyclic N) is 1. The van der Waals surface area contributed by atoms with E-state index in [1.165, 1.54) is 11.0 Å². The normalized spacial score (nSPS) is 15.0. The van der Waals surface area contributed by atoms with Gasteiger partial charge in [0.25, 0.3) is 0 Å². The highest BCUT2D eigenvalue weighted by molar-refractivity contribution is 5.89. The zero-order valence-electron chi connectivity index (χ0n) is 15.8. The van der Waals surface area contributed by atoms with Gasteiger partial charge in [-0.1, -0.05) is 36.9 Å². The molecule has 3 heterocycles. The predicted octanol–water partition coefficient (Wildman–Crippen LogP) is 2.06. The van der Waals surface area contributed by atoms with Gasteiger partial charge in [-0.2, -0.15) is 0 Å². The average molecular weight is 391 g/mol. The summed E-state index contributed by atoms with van der Waals surface area (Å²) in [6, 6.07) is 11.3. The van der Waals surface area contributed by atoms with Gasteiger partial charge in [-0.3, -0.25) is 9.59 Å². The number of amides is 1. The second-order valence-electron chi connectivity index (χ2n) is 7.20. The number of aliphatic hydroxyl groups is 1. The summed E-state index contributed by atoms with van der Waals surface area (Å²) in [6.07, 6.45) is 4.63. The molecule has 2 N–H and O–H groups in total. The summed E-state index contributed by atoms with van der Waals surface area (Å²) in [5.41, 5.74) is 1.74. The van der Waals surface area contributed by atoms with Crippen LogP contribution in [0.1, 0.15) is 16.7 Å². The number of ether oxygens (including phenoxy) is 1. The van der Waals surface area contributed by atoms with Crippen molar-refractivity contribution in [1.29, 1.82) is 0 Å². The smallest absolute Gasteiger partial charge is 0.310 e. The number of hydrogen-bond donors (Lipinski definition) is 2. The lowest BCUT2D eigenvalue weighted by Gasteiger charge is -2.46. The van der Waals surface area contributed by atoms with E-state index in [0.717, 1.165) is 10.9 Å². The highest BCUT2D eigenvalue weighted by Crippen LogP contribution is 2.36. The van der Waals surface area contributed by atoms with Gasteiger partial charge in [0.1, 0.15) is 17.9 Å². The molecule has 0 unspecified atom stereocenters. The number of carbonyl (C=O) groups excluding carboxylic acids is 2. The predicted molar refractivity (Wildman–Crippen MR) is 107 cm³/mol. The molecule has 1 aromatic carbocycles. The Labute approximate surface area is 167 Å². The number of nitrogens with one attached hydrogen (secondary N) is 1. The Morgan fingerprint density at radius 1 is 1.28 bits per heavy atom. The number of benzene rings is 1. The minimum atomic E-state index is -1.15. The number of hydrogen-bond acceptors (Lipinski definition) is 5. The number of likely N-dealkylation sites (tertiary alicyclic amines) is 1. The molecule has 1 fully saturated rings. The van der Waals surface area contributed by atoms with E-state index in [0.29, 0.717) is 16.8 Å². The zero-order chi connectivity index (χ0) is 20.4. The summed E-state index contributed by atoms with van der Waals surface area (Å²) in [6.45, 7) is 4.06. The molecule has 1 aliphatic heterocycles. The number of fused-ring (bicyclic) bond motifs is 1. The quantitative estimate of drug-likeness (QED) is 0.495. The molecule has 0 bridgehead atoms. The van der Waals surface area contributed by atoms with Crippen LogP contribution in [0.25, 0.3) is 11.0 Å². The molecular formula is C22H21N3O4. The van der Waals surface area contributed by atoms with Crippen LogP contribution in [0.2, 0.25) is 0 Å². The van der Waals surface area contributed by atoms with Crippen LogP contribution in [-0.2, 0) is 33.0 Å². The van der Waals surface area contributed by atoms with Crippen LogP contribution in [0.4, 0.5) is 0 Å². The molecule has 7 heteroatoms. The number of aromatic amines is 1. The van der Waals surface area contributed by atoms with E-state index in [9.17, 15) is 14.7 Å². The Morgan fingerprint density at radius 2 is 2.03 bits per heavy atom. The Bertz CT molecular complexity index is 1070. The SMILES string of the molecule is C=CC(=O)N1CC(O)(c2c[nH]c3ncc(CC(=O)OCc4ccccc4)cc23)C1. The topological polar surface area (TPSA) is 95.5 Å². The molecule has 3 aromatic rings. The van der Waals surface area contributed by atoms with Crippen molar-refractivity contribution < 1.29 is 19.4 Å². The van der Waals surface area contributed by atoms with Crippen molar-refractivity contribution in [2.75, 3.05) is 13.1 Å². The van der Waals surface area contributed by atoms with E-state index in [4.69, 9.17) is 4.74 Å². The molecule has 0 radical (unpaired) electrons. The maximum absolute atomic E-state index is 12.2. The first-order chi connectivity index (χ1) is 14.0. The van der Waals surface area contributed by atoms with Crippen molar-refractivity contribution in [3.63, 3.8) is 0 Å². The number of nitrogens with zero attached hydrogens (tertiary/aromatic N) is 2. The van der Waals surface area contributed by atoms with Crippen molar-refractivity contribution >= 4 is 22.9 Å². The van der Waals surface area contributed by atoms with Gasteiger partial charge in [-0.05, 0) is 23.3 Å². The van der Waals surface area contributed by atoms with Crippen LogP contribution in [0.15, 0.2) is 61.4 Å². The van der Waals surface area contributed by atoms with Crippen molar-refractivity contribution in [2.24, 2.45) is 0 Å². The average Bonchev–Trinajstić information content (AvgIpc) is 3.14.